The van der Waals surface area contributed by atoms with Crippen LogP contribution in [0.15, 0.2) is 24.3 Å². The van der Waals surface area contributed by atoms with E-state index in [1.54, 1.807) is 0 Å². The smallest absolute Gasteiger partial charge is 0.341 e. The summed E-state index contributed by atoms with van der Waals surface area (Å²) >= 11 is 0. The van der Waals surface area contributed by atoms with Crippen molar-refractivity contribution in [3.8, 4) is 5.75 Å². The lowest BCUT2D eigenvalue weighted by Crippen LogP contribution is -2.31. The fourth-order valence-electron chi connectivity index (χ4n) is 3.35. The van der Waals surface area contributed by atoms with Gasteiger partial charge in [-0.1, -0.05) is 18.2 Å². The van der Waals surface area contributed by atoms with E-state index < -0.39 is 5.97 Å². The van der Waals surface area contributed by atoms with E-state index in [1.165, 1.54) is 25.8 Å². The van der Waals surface area contributed by atoms with Crippen molar-refractivity contribution in [2.24, 2.45) is 5.92 Å². The molecule has 0 aromatic heterocycles. The van der Waals surface area contributed by atoms with Crippen LogP contribution in [0.3, 0.4) is 0 Å². The minimum atomic E-state index is -0.935. The summed E-state index contributed by atoms with van der Waals surface area (Å²) in [5.74, 6) is 0.639. The van der Waals surface area contributed by atoms with E-state index >= 15 is 0 Å². The van der Waals surface area contributed by atoms with Crippen LogP contribution in [0.4, 0.5) is 0 Å². The highest BCUT2D eigenvalue weighted by molar-refractivity contribution is 5.68. The van der Waals surface area contributed by atoms with E-state index in [0.29, 0.717) is 5.75 Å². The van der Waals surface area contributed by atoms with Crippen molar-refractivity contribution in [3.63, 3.8) is 0 Å². The Morgan fingerprint density at radius 1 is 1.37 bits per heavy atom. The van der Waals surface area contributed by atoms with E-state index in [-0.39, 0.29) is 6.61 Å². The van der Waals surface area contributed by atoms with Gasteiger partial charge in [-0.3, -0.25) is 4.90 Å². The molecule has 19 heavy (non-hydrogen) atoms. The summed E-state index contributed by atoms with van der Waals surface area (Å²) in [6.07, 6.45) is 4.01. The molecule has 2 aliphatic rings. The number of hydrogen-bond acceptors (Lipinski definition) is 3. The fourth-order valence-corrected chi connectivity index (χ4v) is 3.35. The average molecular weight is 261 g/mol. The molecule has 102 valence electrons. The molecular formula is C15H19NO3. The van der Waals surface area contributed by atoms with Crippen molar-refractivity contribution in [2.75, 3.05) is 13.2 Å². The van der Waals surface area contributed by atoms with Crippen LogP contribution in [0.25, 0.3) is 0 Å². The summed E-state index contributed by atoms with van der Waals surface area (Å²) < 4.78 is 5.36. The van der Waals surface area contributed by atoms with Crippen LogP contribution in [0.2, 0.25) is 0 Å². The SMILES string of the molecule is O=C(O)COc1ccccc1CN1C[C@H]2CC[C@H]1C2. The van der Waals surface area contributed by atoms with Gasteiger partial charge in [-0.25, -0.2) is 4.79 Å². The van der Waals surface area contributed by atoms with Crippen molar-refractivity contribution in [1.82, 2.24) is 4.90 Å². The molecule has 1 saturated carbocycles. The van der Waals surface area contributed by atoms with Crippen molar-refractivity contribution in [2.45, 2.75) is 31.8 Å². The van der Waals surface area contributed by atoms with E-state index in [9.17, 15) is 4.79 Å². The molecule has 4 heteroatoms. The second-order valence-electron chi connectivity index (χ2n) is 5.55. The minimum absolute atomic E-state index is 0.275. The Balaban J connectivity index is 1.68. The lowest BCUT2D eigenvalue weighted by atomic mass is 10.1. The van der Waals surface area contributed by atoms with Gasteiger partial charge in [0.05, 0.1) is 0 Å². The number of hydrogen-bond donors (Lipinski definition) is 1. The summed E-state index contributed by atoms with van der Waals surface area (Å²) in [5, 5.41) is 8.70. The van der Waals surface area contributed by atoms with Crippen LogP contribution in [0, 0.1) is 5.92 Å². The standard InChI is InChI=1S/C15H19NO3/c17-15(18)10-19-14-4-2-1-3-12(14)9-16-8-11-5-6-13(16)7-11/h1-4,11,13H,5-10H2,(H,17,18)/t11-,13-/m0/s1. The molecule has 0 amide bonds. The zero-order valence-electron chi connectivity index (χ0n) is 10.9. The van der Waals surface area contributed by atoms with E-state index in [4.69, 9.17) is 9.84 Å². The van der Waals surface area contributed by atoms with E-state index in [2.05, 4.69) is 4.90 Å². The normalized spacial score (nSPS) is 25.7. The number of rotatable bonds is 5. The third-order valence-electron chi connectivity index (χ3n) is 4.22. The number of carboxylic acid groups (broad SMARTS) is 1. The Kier molecular flexibility index (Phi) is 3.42. The third-order valence-corrected chi connectivity index (χ3v) is 4.22. The Morgan fingerprint density at radius 3 is 2.89 bits per heavy atom. The second kappa shape index (κ2) is 5.21. The van der Waals surface area contributed by atoms with Crippen LogP contribution < -0.4 is 4.74 Å². The fraction of sp³-hybridized carbons (Fsp3) is 0.533. The molecular weight excluding hydrogens is 242 g/mol. The molecule has 2 atom stereocenters. The second-order valence-corrected chi connectivity index (χ2v) is 5.55. The van der Waals surface area contributed by atoms with E-state index in [0.717, 1.165) is 24.1 Å². The van der Waals surface area contributed by atoms with Crippen LogP contribution in [-0.2, 0) is 11.3 Å². The highest BCUT2D eigenvalue weighted by atomic mass is 16.5. The van der Waals surface area contributed by atoms with Gasteiger partial charge in [-0.05, 0) is 31.2 Å². The highest BCUT2D eigenvalue weighted by Crippen LogP contribution is 2.38. The van der Waals surface area contributed by atoms with Crippen LogP contribution in [0.5, 0.6) is 5.75 Å². The number of aliphatic carboxylic acids is 1. The van der Waals surface area contributed by atoms with Gasteiger partial charge in [0.25, 0.3) is 0 Å². The molecule has 1 aromatic carbocycles. The predicted molar refractivity (Wildman–Crippen MR) is 71.1 cm³/mol. The maximum atomic E-state index is 10.6. The van der Waals surface area contributed by atoms with Crippen molar-refractivity contribution >= 4 is 5.97 Å². The zero-order chi connectivity index (χ0) is 13.2. The number of carbonyl (C=O) groups is 1. The number of ether oxygens (including phenoxy) is 1. The number of fused-ring (bicyclic) bond motifs is 2. The van der Waals surface area contributed by atoms with Gasteiger partial charge in [-0.15, -0.1) is 0 Å². The van der Waals surface area contributed by atoms with Crippen molar-refractivity contribution in [1.29, 1.82) is 0 Å². The molecule has 0 unspecified atom stereocenters. The average Bonchev–Trinajstić information content (AvgIpc) is 3.00. The van der Waals surface area contributed by atoms with Gasteiger partial charge in [0, 0.05) is 24.7 Å². The Hall–Kier alpha value is -1.55. The molecule has 4 nitrogen and oxygen atoms in total. The molecule has 1 aliphatic carbocycles. The quantitative estimate of drug-likeness (QED) is 0.882. The summed E-state index contributed by atoms with van der Waals surface area (Å²) in [5.41, 5.74) is 1.09. The van der Waals surface area contributed by atoms with Crippen molar-refractivity contribution in [3.05, 3.63) is 29.8 Å². The summed E-state index contributed by atoms with van der Waals surface area (Å²) in [6, 6.07) is 8.47. The van der Waals surface area contributed by atoms with Gasteiger partial charge < -0.3 is 9.84 Å². The molecule has 1 heterocycles. The lowest BCUT2D eigenvalue weighted by molar-refractivity contribution is -0.139. The van der Waals surface area contributed by atoms with Crippen LogP contribution in [-0.4, -0.2) is 35.2 Å². The molecule has 1 N–H and O–H groups in total. The van der Waals surface area contributed by atoms with Crippen LogP contribution >= 0.6 is 0 Å². The van der Waals surface area contributed by atoms with Crippen LogP contribution in [0.1, 0.15) is 24.8 Å². The highest BCUT2D eigenvalue weighted by Gasteiger charge is 2.37. The minimum Gasteiger partial charge on any atom is -0.482 e. The number of nitrogens with zero attached hydrogens (tertiary/aromatic N) is 1. The molecule has 3 rings (SSSR count). The molecule has 1 saturated heterocycles. The summed E-state index contributed by atoms with van der Waals surface area (Å²) in [6.45, 7) is 1.78. The maximum Gasteiger partial charge on any atom is 0.341 e. The first-order chi connectivity index (χ1) is 9.22. The number of likely N-dealkylation sites (tertiary alicyclic amines) is 1. The topological polar surface area (TPSA) is 49.8 Å². The zero-order valence-corrected chi connectivity index (χ0v) is 10.9. The Bertz CT molecular complexity index is 474. The Labute approximate surface area is 113 Å². The summed E-state index contributed by atoms with van der Waals surface area (Å²) in [4.78, 5) is 13.1. The lowest BCUT2D eigenvalue weighted by Gasteiger charge is -2.27. The number of para-hydroxylation sites is 1. The molecule has 1 aliphatic heterocycles. The monoisotopic (exact) mass is 261 g/mol. The number of carboxylic acids is 1. The molecule has 0 spiro atoms. The number of benzene rings is 1. The molecule has 2 bridgehead atoms. The summed E-state index contributed by atoms with van der Waals surface area (Å²) in [7, 11) is 0. The van der Waals surface area contributed by atoms with Gasteiger partial charge in [0.2, 0.25) is 0 Å². The van der Waals surface area contributed by atoms with Gasteiger partial charge in [0.15, 0.2) is 6.61 Å². The first kappa shape index (κ1) is 12.5. The van der Waals surface area contributed by atoms with Crippen molar-refractivity contribution < 1.29 is 14.6 Å². The molecule has 0 radical (unpaired) electrons. The third kappa shape index (κ3) is 2.73. The predicted octanol–water partition coefficient (Wildman–Crippen LogP) is 2.13. The number of piperidine rings is 1. The van der Waals surface area contributed by atoms with Gasteiger partial charge in [0.1, 0.15) is 5.75 Å². The first-order valence-corrected chi connectivity index (χ1v) is 6.89. The molecule has 2 fully saturated rings. The molecule has 1 aromatic rings. The largest absolute Gasteiger partial charge is 0.482 e. The Morgan fingerprint density at radius 2 is 2.21 bits per heavy atom. The first-order valence-electron chi connectivity index (χ1n) is 6.89. The van der Waals surface area contributed by atoms with Gasteiger partial charge >= 0.3 is 5.97 Å². The van der Waals surface area contributed by atoms with E-state index in [1.807, 2.05) is 24.3 Å². The van der Waals surface area contributed by atoms with Gasteiger partial charge in [-0.2, -0.15) is 0 Å². The maximum absolute atomic E-state index is 10.6.